The van der Waals surface area contributed by atoms with Gasteiger partial charge in [0.1, 0.15) is 12.3 Å². The predicted molar refractivity (Wildman–Crippen MR) is 141 cm³/mol. The van der Waals surface area contributed by atoms with Crippen LogP contribution in [0.15, 0.2) is 48.8 Å². The molecule has 0 radical (unpaired) electrons. The van der Waals surface area contributed by atoms with Crippen LogP contribution in [0, 0.1) is 18.3 Å². The van der Waals surface area contributed by atoms with Crippen LogP contribution in [-0.4, -0.2) is 60.5 Å². The average Bonchev–Trinajstić information content (AvgIpc) is 2.93. The van der Waals surface area contributed by atoms with E-state index in [1.165, 1.54) is 0 Å². The number of carbonyl (C=O) groups is 1. The van der Waals surface area contributed by atoms with Crippen molar-refractivity contribution in [3.63, 3.8) is 0 Å². The number of carbonyl (C=O) groups excluding carboxylic acids is 1. The molecule has 0 unspecified atom stereocenters. The Bertz CT molecular complexity index is 1310. The number of rotatable bonds is 8. The van der Waals surface area contributed by atoms with Gasteiger partial charge in [0.25, 0.3) is 5.91 Å². The van der Waals surface area contributed by atoms with Gasteiger partial charge in [-0.3, -0.25) is 9.78 Å². The molecule has 1 aromatic carbocycles. The molecule has 1 aliphatic rings. The number of aryl methyl sites for hydroxylation is 1. The minimum absolute atomic E-state index is 0.0974. The molecule has 0 bridgehead atoms. The SMILES string of the molecule is Cc1ccc(NC(=O)c2ccnc(C(C)(C)C#N)c2)cc1-c1cnc(OCCO)c(N2CCOCC2)c1. The van der Waals surface area contributed by atoms with Crippen molar-refractivity contribution in [1.29, 1.82) is 5.26 Å². The molecule has 0 atom stereocenters. The topological polar surface area (TPSA) is 121 Å². The number of nitriles is 1. The van der Waals surface area contributed by atoms with Crippen molar-refractivity contribution in [2.24, 2.45) is 0 Å². The van der Waals surface area contributed by atoms with Crippen molar-refractivity contribution >= 4 is 17.3 Å². The molecule has 0 aliphatic carbocycles. The van der Waals surface area contributed by atoms with E-state index >= 15 is 0 Å². The number of hydrogen-bond acceptors (Lipinski definition) is 8. The van der Waals surface area contributed by atoms with Crippen LogP contribution in [-0.2, 0) is 10.2 Å². The molecule has 4 rings (SSSR count). The van der Waals surface area contributed by atoms with E-state index in [0.717, 1.165) is 22.4 Å². The number of anilines is 2. The van der Waals surface area contributed by atoms with Gasteiger partial charge in [0.2, 0.25) is 5.88 Å². The van der Waals surface area contributed by atoms with E-state index in [0.29, 0.717) is 49.1 Å². The molecule has 1 saturated heterocycles. The van der Waals surface area contributed by atoms with E-state index in [-0.39, 0.29) is 19.1 Å². The van der Waals surface area contributed by atoms with E-state index in [4.69, 9.17) is 9.47 Å². The van der Waals surface area contributed by atoms with Crippen molar-refractivity contribution in [2.45, 2.75) is 26.2 Å². The Labute approximate surface area is 216 Å². The number of amides is 1. The summed E-state index contributed by atoms with van der Waals surface area (Å²) in [5.41, 5.74) is 4.48. The number of pyridine rings is 2. The number of aliphatic hydroxyl groups is 1. The number of nitrogens with zero attached hydrogens (tertiary/aromatic N) is 4. The maximum absolute atomic E-state index is 13.0. The highest BCUT2D eigenvalue weighted by Crippen LogP contribution is 2.34. The van der Waals surface area contributed by atoms with E-state index in [1.54, 1.807) is 38.4 Å². The van der Waals surface area contributed by atoms with E-state index in [9.17, 15) is 15.2 Å². The van der Waals surface area contributed by atoms with E-state index < -0.39 is 5.41 Å². The fourth-order valence-electron chi connectivity index (χ4n) is 4.06. The van der Waals surface area contributed by atoms with Gasteiger partial charge in [0.05, 0.1) is 37.0 Å². The summed E-state index contributed by atoms with van der Waals surface area (Å²) in [6.45, 7) is 8.26. The van der Waals surface area contributed by atoms with Gasteiger partial charge >= 0.3 is 0 Å². The molecule has 3 heterocycles. The van der Waals surface area contributed by atoms with Gasteiger partial charge in [-0.15, -0.1) is 0 Å². The van der Waals surface area contributed by atoms with Crippen LogP contribution in [0.1, 0.15) is 35.5 Å². The molecule has 37 heavy (non-hydrogen) atoms. The smallest absolute Gasteiger partial charge is 0.255 e. The van der Waals surface area contributed by atoms with Gasteiger partial charge in [0.15, 0.2) is 0 Å². The van der Waals surface area contributed by atoms with Crippen LogP contribution in [0.25, 0.3) is 11.1 Å². The highest BCUT2D eigenvalue weighted by molar-refractivity contribution is 6.04. The molecule has 9 nitrogen and oxygen atoms in total. The number of morpholine rings is 1. The first-order chi connectivity index (χ1) is 17.8. The summed E-state index contributed by atoms with van der Waals surface area (Å²) in [6, 6.07) is 13.2. The number of hydrogen-bond donors (Lipinski definition) is 2. The van der Waals surface area contributed by atoms with Crippen LogP contribution in [0.2, 0.25) is 0 Å². The second-order valence-corrected chi connectivity index (χ2v) is 9.37. The summed E-state index contributed by atoms with van der Waals surface area (Å²) < 4.78 is 11.2. The summed E-state index contributed by atoms with van der Waals surface area (Å²) in [4.78, 5) is 24.0. The number of benzene rings is 1. The Morgan fingerprint density at radius 3 is 2.73 bits per heavy atom. The molecule has 9 heteroatoms. The second-order valence-electron chi connectivity index (χ2n) is 9.37. The van der Waals surface area contributed by atoms with Crippen LogP contribution < -0.4 is 15.0 Å². The number of aromatic nitrogens is 2. The fraction of sp³-hybridized carbons (Fsp3) is 0.357. The number of ether oxygens (including phenoxy) is 2. The number of nitrogens with one attached hydrogen (secondary N) is 1. The Hall–Kier alpha value is -4.00. The second kappa shape index (κ2) is 11.4. The van der Waals surface area contributed by atoms with Crippen molar-refractivity contribution in [3.8, 4) is 23.1 Å². The maximum Gasteiger partial charge on any atom is 0.255 e. The lowest BCUT2D eigenvalue weighted by molar-refractivity contribution is 0.102. The van der Waals surface area contributed by atoms with Crippen LogP contribution in [0.3, 0.4) is 0 Å². The zero-order valence-electron chi connectivity index (χ0n) is 21.3. The molecule has 2 aromatic heterocycles. The lowest BCUT2D eigenvalue weighted by Gasteiger charge is -2.30. The molecule has 192 valence electrons. The van der Waals surface area contributed by atoms with Crippen molar-refractivity contribution in [2.75, 3.05) is 49.7 Å². The lowest BCUT2D eigenvalue weighted by Crippen LogP contribution is -2.36. The first-order valence-electron chi connectivity index (χ1n) is 12.2. The van der Waals surface area contributed by atoms with Gasteiger partial charge < -0.3 is 24.8 Å². The van der Waals surface area contributed by atoms with Crippen molar-refractivity contribution in [3.05, 3.63) is 65.6 Å². The quantitative estimate of drug-likeness (QED) is 0.479. The Morgan fingerprint density at radius 1 is 1.22 bits per heavy atom. The van der Waals surface area contributed by atoms with Crippen molar-refractivity contribution in [1.82, 2.24) is 9.97 Å². The first kappa shape index (κ1) is 26.1. The van der Waals surface area contributed by atoms with Crippen LogP contribution in [0.4, 0.5) is 11.4 Å². The third-order valence-corrected chi connectivity index (χ3v) is 6.26. The third kappa shape index (κ3) is 6.05. The van der Waals surface area contributed by atoms with E-state index in [1.807, 2.05) is 31.2 Å². The van der Waals surface area contributed by atoms with Crippen molar-refractivity contribution < 1.29 is 19.4 Å². The highest BCUT2D eigenvalue weighted by atomic mass is 16.5. The molecule has 1 fully saturated rings. The third-order valence-electron chi connectivity index (χ3n) is 6.26. The predicted octanol–water partition coefficient (Wildman–Crippen LogP) is 3.71. The summed E-state index contributed by atoms with van der Waals surface area (Å²) >= 11 is 0. The van der Waals surface area contributed by atoms with Gasteiger partial charge in [-0.05, 0) is 62.2 Å². The van der Waals surface area contributed by atoms with Gasteiger partial charge in [0, 0.05) is 42.3 Å². The zero-order valence-corrected chi connectivity index (χ0v) is 21.3. The van der Waals surface area contributed by atoms with Gasteiger partial charge in [-0.25, -0.2) is 4.98 Å². The summed E-state index contributed by atoms with van der Waals surface area (Å²) in [6.07, 6.45) is 3.28. The summed E-state index contributed by atoms with van der Waals surface area (Å²) in [5.74, 6) is 0.183. The lowest BCUT2D eigenvalue weighted by atomic mass is 9.90. The molecule has 3 aromatic rings. The Morgan fingerprint density at radius 2 is 2.00 bits per heavy atom. The zero-order chi connectivity index (χ0) is 26.4. The van der Waals surface area contributed by atoms with Gasteiger partial charge in [-0.1, -0.05) is 6.07 Å². The maximum atomic E-state index is 13.0. The first-order valence-corrected chi connectivity index (χ1v) is 12.2. The molecule has 0 spiro atoms. The Kier molecular flexibility index (Phi) is 8.01. The van der Waals surface area contributed by atoms with Crippen LogP contribution in [0.5, 0.6) is 5.88 Å². The number of aliphatic hydroxyl groups excluding tert-OH is 1. The largest absolute Gasteiger partial charge is 0.474 e. The molecule has 0 saturated carbocycles. The van der Waals surface area contributed by atoms with E-state index in [2.05, 4.69) is 26.3 Å². The highest BCUT2D eigenvalue weighted by Gasteiger charge is 2.23. The van der Waals surface area contributed by atoms with Crippen LogP contribution >= 0.6 is 0 Å². The Balaban J connectivity index is 1.62. The molecular formula is C28H31N5O4. The minimum Gasteiger partial charge on any atom is -0.474 e. The standard InChI is InChI=1S/C28H31N5O4/c1-19-4-5-22(32-26(35)20-6-7-30-25(15-20)28(2,3)18-29)16-23(19)21-14-24(33-8-11-36-12-9-33)27(31-17-21)37-13-10-34/h4-7,14-17,34H,8-13H2,1-3H3,(H,32,35). The molecular weight excluding hydrogens is 470 g/mol. The molecule has 1 aliphatic heterocycles. The molecule has 1 amide bonds. The fourth-order valence-corrected chi connectivity index (χ4v) is 4.06. The van der Waals surface area contributed by atoms with Gasteiger partial charge in [-0.2, -0.15) is 5.26 Å². The monoisotopic (exact) mass is 501 g/mol. The normalized spacial score (nSPS) is 13.6. The average molecular weight is 502 g/mol. The molecule has 2 N–H and O–H groups in total. The minimum atomic E-state index is -0.800. The summed E-state index contributed by atoms with van der Waals surface area (Å²) in [5, 5.41) is 21.6. The summed E-state index contributed by atoms with van der Waals surface area (Å²) in [7, 11) is 0.